The molecule has 2 aliphatic carbocycles. The summed E-state index contributed by atoms with van der Waals surface area (Å²) in [6, 6.07) is 8.68. The lowest BCUT2D eigenvalue weighted by molar-refractivity contribution is -0.153. The predicted octanol–water partition coefficient (Wildman–Crippen LogP) is 2.97. The average molecular weight is 468 g/mol. The van der Waals surface area contributed by atoms with Gasteiger partial charge >= 0.3 is 0 Å². The van der Waals surface area contributed by atoms with Crippen LogP contribution in [0.2, 0.25) is 0 Å². The number of rotatable bonds is 4. The average Bonchev–Trinajstić information content (AvgIpc) is 2.85. The van der Waals surface area contributed by atoms with Crippen molar-refractivity contribution in [1.82, 2.24) is 10.2 Å². The van der Waals surface area contributed by atoms with Gasteiger partial charge in [0.25, 0.3) is 5.91 Å². The number of ether oxygens (including phenoxy) is 1. The smallest absolute Gasteiger partial charge is 0.251 e. The topological polar surface area (TPSA) is 103 Å². The lowest BCUT2D eigenvalue weighted by atomic mass is 9.51. The summed E-state index contributed by atoms with van der Waals surface area (Å²) in [5.41, 5.74) is 1.06. The third-order valence-corrected chi connectivity index (χ3v) is 8.83. The molecule has 0 bridgehead atoms. The van der Waals surface area contributed by atoms with Crippen LogP contribution in [-0.4, -0.2) is 60.3 Å². The molecule has 184 valence electrons. The van der Waals surface area contributed by atoms with E-state index in [4.69, 9.17) is 10.00 Å². The molecule has 1 unspecified atom stereocenters. The van der Waals surface area contributed by atoms with Crippen molar-refractivity contribution < 1.29 is 19.4 Å². The predicted molar refractivity (Wildman–Crippen MR) is 128 cm³/mol. The van der Waals surface area contributed by atoms with Gasteiger partial charge in [0, 0.05) is 30.6 Å². The number of aliphatic hydroxyl groups excluding tert-OH is 1. The molecule has 2 saturated carbocycles. The van der Waals surface area contributed by atoms with Gasteiger partial charge < -0.3 is 20.1 Å². The highest BCUT2D eigenvalue weighted by Crippen LogP contribution is 2.55. The van der Waals surface area contributed by atoms with Gasteiger partial charge in [0.05, 0.1) is 31.0 Å². The normalized spacial score (nSPS) is 34.4. The fraction of sp³-hybridized carbons (Fsp3) is 0.667. The van der Waals surface area contributed by atoms with Crippen LogP contribution >= 0.6 is 0 Å². The first-order chi connectivity index (χ1) is 16.2. The van der Waals surface area contributed by atoms with Crippen molar-refractivity contribution in [3.05, 3.63) is 35.4 Å². The molecule has 2 amide bonds. The summed E-state index contributed by atoms with van der Waals surface area (Å²) < 4.78 is 5.39. The van der Waals surface area contributed by atoms with Crippen LogP contribution in [0.1, 0.15) is 62.4 Å². The Labute approximate surface area is 202 Å². The van der Waals surface area contributed by atoms with Crippen molar-refractivity contribution in [2.24, 2.45) is 29.1 Å². The molecule has 1 aromatic carbocycles. The molecule has 7 nitrogen and oxygen atoms in total. The van der Waals surface area contributed by atoms with Gasteiger partial charge in [-0.2, -0.15) is 5.26 Å². The highest BCUT2D eigenvalue weighted by molar-refractivity contribution is 5.94. The van der Waals surface area contributed by atoms with E-state index in [1.165, 1.54) is 0 Å². The van der Waals surface area contributed by atoms with Crippen LogP contribution in [0.4, 0.5) is 0 Å². The molecule has 1 aromatic rings. The summed E-state index contributed by atoms with van der Waals surface area (Å²) in [4.78, 5) is 27.9. The zero-order valence-corrected chi connectivity index (χ0v) is 20.5. The third-order valence-electron chi connectivity index (χ3n) is 8.83. The summed E-state index contributed by atoms with van der Waals surface area (Å²) in [5, 5.41) is 23.8. The van der Waals surface area contributed by atoms with Crippen LogP contribution in [0.25, 0.3) is 0 Å². The van der Waals surface area contributed by atoms with Crippen molar-refractivity contribution in [3.63, 3.8) is 0 Å². The maximum Gasteiger partial charge on any atom is 0.251 e. The van der Waals surface area contributed by atoms with E-state index >= 15 is 0 Å². The number of benzene rings is 1. The molecular weight excluding hydrogens is 430 g/mol. The Bertz CT molecular complexity index is 936. The van der Waals surface area contributed by atoms with Gasteiger partial charge in [0.2, 0.25) is 5.91 Å². The summed E-state index contributed by atoms with van der Waals surface area (Å²) in [5.74, 6) is -0.245. The van der Waals surface area contributed by atoms with E-state index in [-0.39, 0.29) is 46.9 Å². The zero-order chi connectivity index (χ0) is 24.5. The molecule has 1 saturated heterocycles. The SMILES string of the molecule is C[C@H]1[C@@H]2[C@@H](O)C([C@H](C)C(=O)N3CCOCC3)CC[C@@]2(C)CC[C@@H]1NC(=O)c1ccc(C#N)cc1. The van der Waals surface area contributed by atoms with Crippen LogP contribution < -0.4 is 5.32 Å². The van der Waals surface area contributed by atoms with E-state index in [9.17, 15) is 14.7 Å². The summed E-state index contributed by atoms with van der Waals surface area (Å²) in [6.07, 6.45) is 3.07. The second-order valence-electron chi connectivity index (χ2n) is 10.8. The van der Waals surface area contributed by atoms with Gasteiger partial charge in [-0.3, -0.25) is 9.59 Å². The van der Waals surface area contributed by atoms with Gasteiger partial charge in [-0.25, -0.2) is 0 Å². The summed E-state index contributed by atoms with van der Waals surface area (Å²) in [7, 11) is 0. The van der Waals surface area contributed by atoms with Crippen LogP contribution in [0.15, 0.2) is 24.3 Å². The number of morpholine rings is 1. The molecule has 0 aromatic heterocycles. The Balaban J connectivity index is 1.46. The van der Waals surface area contributed by atoms with Gasteiger partial charge in [0.15, 0.2) is 0 Å². The van der Waals surface area contributed by atoms with Crippen LogP contribution in [0, 0.1) is 40.4 Å². The van der Waals surface area contributed by atoms with Gasteiger partial charge in [-0.15, -0.1) is 0 Å². The maximum atomic E-state index is 13.2. The monoisotopic (exact) mass is 467 g/mol. The van der Waals surface area contributed by atoms with Crippen LogP contribution in [0.3, 0.4) is 0 Å². The number of amides is 2. The van der Waals surface area contributed by atoms with Crippen molar-refractivity contribution in [1.29, 1.82) is 5.26 Å². The number of carbonyl (C=O) groups is 2. The van der Waals surface area contributed by atoms with Crippen LogP contribution in [0.5, 0.6) is 0 Å². The van der Waals surface area contributed by atoms with E-state index in [0.29, 0.717) is 37.4 Å². The number of nitriles is 1. The molecule has 4 rings (SSSR count). The Kier molecular flexibility index (Phi) is 7.30. The second-order valence-corrected chi connectivity index (χ2v) is 10.8. The fourth-order valence-electron chi connectivity index (χ4n) is 6.70. The first-order valence-corrected chi connectivity index (χ1v) is 12.6. The minimum Gasteiger partial charge on any atom is -0.392 e. The third kappa shape index (κ3) is 4.71. The standard InChI is InChI=1S/C27H37N3O4/c1-17(26(33)30-12-14-34-15-13-30)21-8-10-27(3)11-9-22(18(2)23(27)24(21)31)29-25(32)20-6-4-19(16-28)5-7-20/h4-7,17-18,21-24,31H,8-15H2,1-3H3,(H,29,32)/t17-,18+,21?,22-,23+,24-,27-/m0/s1. The molecule has 3 aliphatic rings. The van der Waals surface area contributed by atoms with E-state index < -0.39 is 6.10 Å². The van der Waals surface area contributed by atoms with Crippen molar-refractivity contribution >= 4 is 11.8 Å². The van der Waals surface area contributed by atoms with Crippen molar-refractivity contribution in [2.45, 2.75) is 58.6 Å². The number of carbonyl (C=O) groups excluding carboxylic acids is 2. The Morgan fingerprint density at radius 1 is 1.21 bits per heavy atom. The molecule has 7 atom stereocenters. The first kappa shape index (κ1) is 24.7. The number of hydrogen-bond acceptors (Lipinski definition) is 5. The second kappa shape index (κ2) is 10.1. The molecule has 3 fully saturated rings. The molecule has 7 heteroatoms. The maximum absolute atomic E-state index is 13.2. The molecule has 0 spiro atoms. The quantitative estimate of drug-likeness (QED) is 0.709. The molecule has 2 N–H and O–H groups in total. The number of hydrogen-bond donors (Lipinski definition) is 2. The van der Waals surface area contributed by atoms with Crippen LogP contribution in [-0.2, 0) is 9.53 Å². The van der Waals surface area contributed by atoms with E-state index in [1.807, 2.05) is 11.8 Å². The minimum atomic E-state index is -0.580. The highest BCUT2D eigenvalue weighted by Gasteiger charge is 2.54. The Morgan fingerprint density at radius 3 is 2.50 bits per heavy atom. The van der Waals surface area contributed by atoms with Crippen molar-refractivity contribution in [2.75, 3.05) is 26.3 Å². The fourth-order valence-corrected chi connectivity index (χ4v) is 6.70. The van der Waals surface area contributed by atoms with Gasteiger partial charge in [-0.1, -0.05) is 20.8 Å². The number of nitrogens with zero attached hydrogens (tertiary/aromatic N) is 2. The first-order valence-electron chi connectivity index (χ1n) is 12.6. The lowest BCUT2D eigenvalue weighted by Gasteiger charge is -2.56. The van der Waals surface area contributed by atoms with Gasteiger partial charge in [-0.05, 0) is 73.1 Å². The molecule has 0 radical (unpaired) electrons. The zero-order valence-electron chi connectivity index (χ0n) is 20.5. The number of nitrogens with one attached hydrogen (secondary N) is 1. The van der Waals surface area contributed by atoms with Crippen molar-refractivity contribution in [3.8, 4) is 6.07 Å². The highest BCUT2D eigenvalue weighted by atomic mass is 16.5. The van der Waals surface area contributed by atoms with E-state index in [1.54, 1.807) is 24.3 Å². The van der Waals surface area contributed by atoms with Gasteiger partial charge in [0.1, 0.15) is 0 Å². The van der Waals surface area contributed by atoms with E-state index in [2.05, 4.69) is 25.2 Å². The molecule has 1 aliphatic heterocycles. The Hall–Kier alpha value is -2.43. The lowest BCUT2D eigenvalue weighted by Crippen LogP contribution is -2.59. The largest absolute Gasteiger partial charge is 0.392 e. The van der Waals surface area contributed by atoms with E-state index in [0.717, 1.165) is 25.7 Å². The molecular formula is C27H37N3O4. The Morgan fingerprint density at radius 2 is 1.85 bits per heavy atom. The number of aliphatic hydroxyl groups is 1. The summed E-state index contributed by atoms with van der Waals surface area (Å²) >= 11 is 0. The molecule has 1 heterocycles. The number of fused-ring (bicyclic) bond motifs is 1. The molecule has 34 heavy (non-hydrogen) atoms. The minimum absolute atomic E-state index is 0.00668. The summed E-state index contributed by atoms with van der Waals surface area (Å²) in [6.45, 7) is 8.74.